The highest BCUT2D eigenvalue weighted by molar-refractivity contribution is 5.18. The standard InChI is InChI=1S/C13H16FN3O/c1-2-6-17-12(9-15-16-17)13(18)8-10-4-3-5-11(14)7-10/h3-5,7,9,13,18H,2,6,8H2,1H3. The first-order valence-corrected chi connectivity index (χ1v) is 6.01. The topological polar surface area (TPSA) is 50.9 Å². The van der Waals surface area contributed by atoms with Crippen LogP contribution in [0.25, 0.3) is 0 Å². The molecule has 1 N–H and O–H groups in total. The van der Waals surface area contributed by atoms with Gasteiger partial charge in [0.05, 0.1) is 11.9 Å². The van der Waals surface area contributed by atoms with Gasteiger partial charge in [0, 0.05) is 13.0 Å². The summed E-state index contributed by atoms with van der Waals surface area (Å²) in [5.74, 6) is -0.292. The largest absolute Gasteiger partial charge is 0.386 e. The lowest BCUT2D eigenvalue weighted by Crippen LogP contribution is -2.11. The van der Waals surface area contributed by atoms with Crippen molar-refractivity contribution in [3.8, 4) is 0 Å². The molecule has 4 nitrogen and oxygen atoms in total. The minimum atomic E-state index is -0.714. The van der Waals surface area contributed by atoms with Crippen LogP contribution >= 0.6 is 0 Å². The van der Waals surface area contributed by atoms with Crippen LogP contribution in [0.15, 0.2) is 30.5 Å². The first-order chi connectivity index (χ1) is 8.70. The number of nitrogens with zero attached hydrogens (tertiary/aromatic N) is 3. The monoisotopic (exact) mass is 249 g/mol. The fourth-order valence-corrected chi connectivity index (χ4v) is 1.90. The minimum Gasteiger partial charge on any atom is -0.386 e. The van der Waals surface area contributed by atoms with Gasteiger partial charge in [-0.3, -0.25) is 0 Å². The SMILES string of the molecule is CCCn1nncc1C(O)Cc1cccc(F)c1. The normalized spacial score (nSPS) is 12.6. The Bertz CT molecular complexity index is 512. The van der Waals surface area contributed by atoms with E-state index < -0.39 is 6.10 Å². The summed E-state index contributed by atoms with van der Waals surface area (Å²) >= 11 is 0. The molecule has 0 fully saturated rings. The van der Waals surface area contributed by atoms with Gasteiger partial charge in [-0.25, -0.2) is 9.07 Å². The number of rotatable bonds is 5. The van der Waals surface area contributed by atoms with Crippen LogP contribution in [0.5, 0.6) is 0 Å². The number of hydrogen-bond donors (Lipinski definition) is 1. The summed E-state index contributed by atoms with van der Waals surface area (Å²) < 4.78 is 14.7. The van der Waals surface area contributed by atoms with Crippen molar-refractivity contribution in [2.24, 2.45) is 0 Å². The highest BCUT2D eigenvalue weighted by Gasteiger charge is 2.14. The second-order valence-electron chi connectivity index (χ2n) is 4.23. The Morgan fingerprint density at radius 1 is 1.44 bits per heavy atom. The Hall–Kier alpha value is -1.75. The van der Waals surface area contributed by atoms with E-state index in [4.69, 9.17) is 0 Å². The summed E-state index contributed by atoms with van der Waals surface area (Å²) in [6.07, 6.45) is 2.12. The first kappa shape index (κ1) is 12.7. The highest BCUT2D eigenvalue weighted by Crippen LogP contribution is 2.18. The number of halogens is 1. The molecule has 1 atom stereocenters. The van der Waals surface area contributed by atoms with Crippen LogP contribution in [-0.2, 0) is 13.0 Å². The maximum atomic E-state index is 13.0. The van der Waals surface area contributed by atoms with Crippen LogP contribution in [0.2, 0.25) is 0 Å². The molecule has 0 saturated heterocycles. The zero-order valence-electron chi connectivity index (χ0n) is 10.3. The lowest BCUT2D eigenvalue weighted by Gasteiger charge is -2.12. The van der Waals surface area contributed by atoms with Gasteiger partial charge >= 0.3 is 0 Å². The van der Waals surface area contributed by atoms with E-state index in [9.17, 15) is 9.50 Å². The smallest absolute Gasteiger partial charge is 0.123 e. The molecule has 0 amide bonds. The number of hydrogen-bond acceptors (Lipinski definition) is 3. The van der Waals surface area contributed by atoms with E-state index in [1.807, 2.05) is 6.92 Å². The van der Waals surface area contributed by atoms with Gasteiger partial charge in [0.15, 0.2) is 0 Å². The van der Waals surface area contributed by atoms with Gasteiger partial charge in [0.25, 0.3) is 0 Å². The third-order valence-corrected chi connectivity index (χ3v) is 2.74. The first-order valence-electron chi connectivity index (χ1n) is 6.01. The Morgan fingerprint density at radius 2 is 2.28 bits per heavy atom. The molecule has 2 aromatic rings. The maximum Gasteiger partial charge on any atom is 0.123 e. The Balaban J connectivity index is 2.11. The van der Waals surface area contributed by atoms with Gasteiger partial charge < -0.3 is 5.11 Å². The number of aryl methyl sites for hydroxylation is 1. The van der Waals surface area contributed by atoms with Crippen LogP contribution in [0.1, 0.15) is 30.7 Å². The third kappa shape index (κ3) is 2.92. The lowest BCUT2D eigenvalue weighted by atomic mass is 10.1. The molecule has 96 valence electrons. The van der Waals surface area contributed by atoms with Crippen LogP contribution in [0.4, 0.5) is 4.39 Å². The molecule has 0 saturated carbocycles. The maximum absolute atomic E-state index is 13.0. The zero-order valence-corrected chi connectivity index (χ0v) is 10.3. The number of aliphatic hydroxyl groups is 1. The van der Waals surface area contributed by atoms with Crippen molar-refractivity contribution in [2.45, 2.75) is 32.4 Å². The molecule has 1 aromatic carbocycles. The molecule has 2 rings (SSSR count). The number of aliphatic hydroxyl groups excluding tert-OH is 1. The molecule has 0 aliphatic heterocycles. The molecule has 1 aromatic heterocycles. The lowest BCUT2D eigenvalue weighted by molar-refractivity contribution is 0.166. The fraction of sp³-hybridized carbons (Fsp3) is 0.385. The fourth-order valence-electron chi connectivity index (χ4n) is 1.90. The summed E-state index contributed by atoms with van der Waals surface area (Å²) in [6, 6.07) is 6.25. The van der Waals surface area contributed by atoms with Gasteiger partial charge in [-0.1, -0.05) is 24.3 Å². The van der Waals surface area contributed by atoms with Gasteiger partial charge in [0.2, 0.25) is 0 Å². The molecular formula is C13H16FN3O. The van der Waals surface area contributed by atoms with Gasteiger partial charge in [-0.2, -0.15) is 0 Å². The predicted molar refractivity (Wildman–Crippen MR) is 65.4 cm³/mol. The molecule has 0 spiro atoms. The quantitative estimate of drug-likeness (QED) is 0.882. The molecule has 1 unspecified atom stereocenters. The second-order valence-corrected chi connectivity index (χ2v) is 4.23. The van der Waals surface area contributed by atoms with Crippen molar-refractivity contribution in [1.29, 1.82) is 0 Å². The van der Waals surface area contributed by atoms with Crippen LogP contribution in [-0.4, -0.2) is 20.1 Å². The van der Waals surface area contributed by atoms with E-state index in [0.717, 1.165) is 18.5 Å². The molecule has 0 aliphatic carbocycles. The van der Waals surface area contributed by atoms with Crippen molar-refractivity contribution < 1.29 is 9.50 Å². The van der Waals surface area contributed by atoms with Crippen molar-refractivity contribution in [2.75, 3.05) is 0 Å². The highest BCUT2D eigenvalue weighted by atomic mass is 19.1. The van der Waals surface area contributed by atoms with Gasteiger partial charge in [-0.05, 0) is 24.1 Å². The summed E-state index contributed by atoms with van der Waals surface area (Å²) in [4.78, 5) is 0. The molecule has 1 heterocycles. The Labute approximate surface area is 105 Å². The van der Waals surface area contributed by atoms with E-state index in [1.165, 1.54) is 12.1 Å². The van der Waals surface area contributed by atoms with E-state index >= 15 is 0 Å². The Kier molecular flexibility index (Phi) is 4.04. The molecule has 0 aliphatic rings. The zero-order chi connectivity index (χ0) is 13.0. The summed E-state index contributed by atoms with van der Waals surface area (Å²) in [7, 11) is 0. The van der Waals surface area contributed by atoms with Crippen molar-refractivity contribution >= 4 is 0 Å². The molecular weight excluding hydrogens is 233 g/mol. The van der Waals surface area contributed by atoms with Crippen molar-refractivity contribution in [1.82, 2.24) is 15.0 Å². The van der Waals surface area contributed by atoms with E-state index in [-0.39, 0.29) is 5.82 Å². The van der Waals surface area contributed by atoms with Crippen LogP contribution in [0.3, 0.4) is 0 Å². The average molecular weight is 249 g/mol. The molecule has 5 heteroatoms. The van der Waals surface area contributed by atoms with E-state index in [0.29, 0.717) is 12.1 Å². The average Bonchev–Trinajstić information content (AvgIpc) is 2.78. The Morgan fingerprint density at radius 3 is 3.00 bits per heavy atom. The minimum absolute atomic E-state index is 0.292. The van der Waals surface area contributed by atoms with E-state index in [1.54, 1.807) is 23.0 Å². The van der Waals surface area contributed by atoms with Gasteiger partial charge in [0.1, 0.15) is 11.9 Å². The molecule has 0 radical (unpaired) electrons. The number of benzene rings is 1. The third-order valence-electron chi connectivity index (χ3n) is 2.74. The van der Waals surface area contributed by atoms with Crippen molar-refractivity contribution in [3.63, 3.8) is 0 Å². The summed E-state index contributed by atoms with van der Waals surface area (Å²) in [6.45, 7) is 2.75. The number of aromatic nitrogens is 3. The molecule has 0 bridgehead atoms. The van der Waals surface area contributed by atoms with E-state index in [2.05, 4.69) is 10.3 Å². The summed E-state index contributed by atoms with van der Waals surface area (Å²) in [5.41, 5.74) is 1.42. The summed E-state index contributed by atoms with van der Waals surface area (Å²) in [5, 5.41) is 17.9. The molecule has 18 heavy (non-hydrogen) atoms. The van der Waals surface area contributed by atoms with Crippen LogP contribution in [0, 0.1) is 5.82 Å². The van der Waals surface area contributed by atoms with Gasteiger partial charge in [-0.15, -0.1) is 5.10 Å². The predicted octanol–water partition coefficient (Wildman–Crippen LogP) is 2.10. The second kappa shape index (κ2) is 5.73. The van der Waals surface area contributed by atoms with Crippen LogP contribution < -0.4 is 0 Å². The van der Waals surface area contributed by atoms with Crippen molar-refractivity contribution in [3.05, 3.63) is 47.5 Å².